The van der Waals surface area contributed by atoms with Crippen molar-refractivity contribution in [2.45, 2.75) is 19.5 Å². The number of hydrogen-bond donors (Lipinski definition) is 0. The summed E-state index contributed by atoms with van der Waals surface area (Å²) in [6.07, 6.45) is 1.30. The molecule has 1 amide bonds. The van der Waals surface area contributed by atoms with Gasteiger partial charge in [-0.25, -0.2) is 4.39 Å². The minimum Gasteiger partial charge on any atom is -0.433 e. The van der Waals surface area contributed by atoms with Gasteiger partial charge in [-0.05, 0) is 42.7 Å². The largest absolute Gasteiger partial charge is 0.433 e. The molecule has 7 heteroatoms. The van der Waals surface area contributed by atoms with Gasteiger partial charge in [0.1, 0.15) is 11.6 Å². The molecular formula is C17H13BrF3NO2. The van der Waals surface area contributed by atoms with Crippen LogP contribution < -0.4 is 9.64 Å². The fraction of sp³-hybridized carbons (Fsp3) is 0.235. The van der Waals surface area contributed by atoms with Crippen molar-refractivity contribution >= 4 is 27.5 Å². The summed E-state index contributed by atoms with van der Waals surface area (Å²) in [6, 6.07) is 8.86. The predicted octanol–water partition coefficient (Wildman–Crippen LogP) is 4.78. The number of aryl methyl sites for hydroxylation is 1. The number of alkyl halides is 2. The Balaban J connectivity index is 2.04. The van der Waals surface area contributed by atoms with Crippen LogP contribution in [0.5, 0.6) is 5.75 Å². The molecule has 0 aliphatic carbocycles. The molecule has 0 aromatic heterocycles. The molecule has 0 unspecified atom stereocenters. The second kappa shape index (κ2) is 6.84. The quantitative estimate of drug-likeness (QED) is 0.742. The van der Waals surface area contributed by atoms with E-state index in [0.717, 1.165) is 5.56 Å². The number of amides is 1. The lowest BCUT2D eigenvalue weighted by Crippen LogP contribution is -2.36. The van der Waals surface area contributed by atoms with Crippen LogP contribution in [-0.4, -0.2) is 19.1 Å². The van der Waals surface area contributed by atoms with Crippen molar-refractivity contribution in [3.63, 3.8) is 0 Å². The lowest BCUT2D eigenvalue weighted by atomic mass is 10.00. The van der Waals surface area contributed by atoms with Crippen molar-refractivity contribution in [1.82, 2.24) is 0 Å². The average Bonchev–Trinajstić information content (AvgIpc) is 2.53. The zero-order chi connectivity index (χ0) is 17.3. The first kappa shape index (κ1) is 16.8. The van der Waals surface area contributed by atoms with Crippen molar-refractivity contribution in [3.8, 4) is 5.75 Å². The first-order chi connectivity index (χ1) is 11.5. The Morgan fingerprint density at radius 1 is 1.25 bits per heavy atom. The van der Waals surface area contributed by atoms with Crippen molar-refractivity contribution in [1.29, 1.82) is 0 Å². The van der Waals surface area contributed by atoms with E-state index < -0.39 is 18.3 Å². The average molecular weight is 400 g/mol. The van der Waals surface area contributed by atoms with Crippen LogP contribution in [0.4, 0.5) is 18.9 Å². The Morgan fingerprint density at radius 2 is 2.04 bits per heavy atom. The molecule has 3 rings (SSSR count). The van der Waals surface area contributed by atoms with E-state index in [9.17, 15) is 18.0 Å². The smallest absolute Gasteiger partial charge is 0.387 e. The van der Waals surface area contributed by atoms with Gasteiger partial charge in [-0.15, -0.1) is 0 Å². The lowest BCUT2D eigenvalue weighted by Gasteiger charge is -2.31. The molecule has 1 aliphatic heterocycles. The minimum absolute atomic E-state index is 0.0759. The van der Waals surface area contributed by atoms with Gasteiger partial charge < -0.3 is 9.64 Å². The van der Waals surface area contributed by atoms with Gasteiger partial charge in [0.2, 0.25) is 0 Å². The first-order valence-corrected chi connectivity index (χ1v) is 8.10. The summed E-state index contributed by atoms with van der Waals surface area (Å²) >= 11 is 3.14. The number of carbonyl (C=O) groups is 1. The summed E-state index contributed by atoms with van der Waals surface area (Å²) in [5.41, 5.74) is 0.902. The minimum atomic E-state index is -3.00. The van der Waals surface area contributed by atoms with Gasteiger partial charge in [-0.2, -0.15) is 8.78 Å². The number of fused-ring (bicyclic) bond motifs is 1. The van der Waals surface area contributed by atoms with Gasteiger partial charge in [0.05, 0.1) is 11.3 Å². The maximum absolute atomic E-state index is 14.1. The molecule has 0 saturated carbocycles. The van der Waals surface area contributed by atoms with Crippen LogP contribution in [-0.2, 0) is 6.42 Å². The number of carbonyl (C=O) groups excluding carboxylic acids is 1. The zero-order valence-electron chi connectivity index (χ0n) is 12.4. The van der Waals surface area contributed by atoms with Crippen LogP contribution in [0.1, 0.15) is 22.3 Å². The molecule has 1 aliphatic rings. The van der Waals surface area contributed by atoms with E-state index in [0.29, 0.717) is 23.9 Å². The van der Waals surface area contributed by atoms with E-state index in [2.05, 4.69) is 20.7 Å². The van der Waals surface area contributed by atoms with Crippen LogP contribution in [0.3, 0.4) is 0 Å². The van der Waals surface area contributed by atoms with Crippen LogP contribution >= 0.6 is 15.9 Å². The SMILES string of the molecule is O=C(c1ccc(Br)cc1F)N1CCCc2cccc(OC(F)F)c21. The molecule has 0 saturated heterocycles. The Kier molecular flexibility index (Phi) is 4.80. The number of hydrogen-bond acceptors (Lipinski definition) is 2. The van der Waals surface area contributed by atoms with E-state index in [1.165, 1.54) is 23.1 Å². The molecule has 0 bridgehead atoms. The Bertz CT molecular complexity index is 782. The summed E-state index contributed by atoms with van der Waals surface area (Å²) in [7, 11) is 0. The van der Waals surface area contributed by atoms with E-state index in [1.807, 2.05) is 0 Å². The standard InChI is InChI=1S/C17H13BrF3NO2/c18-11-6-7-12(13(19)9-11)16(23)22-8-2-4-10-3-1-5-14(15(10)22)24-17(20)21/h1,3,5-7,9,17H,2,4,8H2. The van der Waals surface area contributed by atoms with Crippen molar-refractivity contribution in [2.75, 3.05) is 11.4 Å². The zero-order valence-corrected chi connectivity index (χ0v) is 14.0. The third-order valence-electron chi connectivity index (χ3n) is 3.80. The van der Waals surface area contributed by atoms with Gasteiger partial charge in [-0.1, -0.05) is 28.1 Å². The molecule has 2 aromatic carbocycles. The number of anilines is 1. The van der Waals surface area contributed by atoms with Crippen molar-refractivity contribution < 1.29 is 22.7 Å². The fourth-order valence-electron chi connectivity index (χ4n) is 2.82. The summed E-state index contributed by atoms with van der Waals surface area (Å²) in [5, 5.41) is 0. The van der Waals surface area contributed by atoms with Crippen molar-refractivity contribution in [2.24, 2.45) is 0 Å². The van der Waals surface area contributed by atoms with Gasteiger partial charge in [0.15, 0.2) is 0 Å². The maximum atomic E-state index is 14.1. The highest BCUT2D eigenvalue weighted by molar-refractivity contribution is 9.10. The molecule has 1 heterocycles. The molecule has 2 aromatic rings. The molecule has 0 spiro atoms. The van der Waals surface area contributed by atoms with E-state index in [1.54, 1.807) is 18.2 Å². The third kappa shape index (κ3) is 3.26. The Hall–Kier alpha value is -2.02. The summed E-state index contributed by atoms with van der Waals surface area (Å²) in [6.45, 7) is -2.69. The van der Waals surface area contributed by atoms with E-state index in [-0.39, 0.29) is 17.0 Å². The molecule has 126 valence electrons. The monoisotopic (exact) mass is 399 g/mol. The second-order valence-corrected chi connectivity index (χ2v) is 6.24. The third-order valence-corrected chi connectivity index (χ3v) is 4.30. The van der Waals surface area contributed by atoms with E-state index in [4.69, 9.17) is 0 Å². The summed E-state index contributed by atoms with van der Waals surface area (Å²) < 4.78 is 44.5. The summed E-state index contributed by atoms with van der Waals surface area (Å²) in [5.74, 6) is -1.33. The Labute approximate surface area is 145 Å². The first-order valence-electron chi connectivity index (χ1n) is 7.31. The number of nitrogens with zero attached hydrogens (tertiary/aromatic N) is 1. The Morgan fingerprint density at radius 3 is 2.75 bits per heavy atom. The van der Waals surface area contributed by atoms with Gasteiger partial charge in [0, 0.05) is 11.0 Å². The number of halogens is 4. The summed E-state index contributed by atoms with van der Waals surface area (Å²) in [4.78, 5) is 14.1. The predicted molar refractivity (Wildman–Crippen MR) is 87.2 cm³/mol. The number of ether oxygens (including phenoxy) is 1. The molecule has 3 nitrogen and oxygen atoms in total. The van der Waals surface area contributed by atoms with Crippen LogP contribution in [0.15, 0.2) is 40.9 Å². The van der Waals surface area contributed by atoms with Crippen LogP contribution in [0.25, 0.3) is 0 Å². The van der Waals surface area contributed by atoms with Gasteiger partial charge in [0.25, 0.3) is 5.91 Å². The van der Waals surface area contributed by atoms with Crippen LogP contribution in [0.2, 0.25) is 0 Å². The van der Waals surface area contributed by atoms with Crippen molar-refractivity contribution in [3.05, 3.63) is 57.8 Å². The van der Waals surface area contributed by atoms with Gasteiger partial charge >= 0.3 is 6.61 Å². The lowest BCUT2D eigenvalue weighted by molar-refractivity contribution is -0.0495. The molecule has 0 N–H and O–H groups in total. The number of para-hydroxylation sites is 1. The molecule has 0 radical (unpaired) electrons. The molecule has 0 fully saturated rings. The second-order valence-electron chi connectivity index (χ2n) is 5.33. The highest BCUT2D eigenvalue weighted by Gasteiger charge is 2.29. The number of benzene rings is 2. The van der Waals surface area contributed by atoms with Crippen LogP contribution in [0, 0.1) is 5.82 Å². The van der Waals surface area contributed by atoms with Gasteiger partial charge in [-0.3, -0.25) is 4.79 Å². The highest BCUT2D eigenvalue weighted by Crippen LogP contribution is 2.38. The number of rotatable bonds is 3. The highest BCUT2D eigenvalue weighted by atomic mass is 79.9. The fourth-order valence-corrected chi connectivity index (χ4v) is 3.15. The van der Waals surface area contributed by atoms with E-state index >= 15 is 0 Å². The molecular weight excluding hydrogens is 387 g/mol. The molecule has 0 atom stereocenters. The normalized spacial score (nSPS) is 13.8. The maximum Gasteiger partial charge on any atom is 0.387 e. The molecule has 24 heavy (non-hydrogen) atoms. The topological polar surface area (TPSA) is 29.5 Å².